The number of fused-ring (bicyclic) bond motifs is 2. The quantitative estimate of drug-likeness (QED) is 0.573. The summed E-state index contributed by atoms with van der Waals surface area (Å²) >= 11 is 0. The second kappa shape index (κ2) is 9.46. The molecule has 1 aromatic carbocycles. The maximum Gasteiger partial charge on any atom is -0.00913 e. The third-order valence-electron chi connectivity index (χ3n) is 4.40. The van der Waals surface area contributed by atoms with E-state index in [1.807, 2.05) is 19.9 Å². The van der Waals surface area contributed by atoms with Gasteiger partial charge in [0.25, 0.3) is 0 Å². The van der Waals surface area contributed by atoms with Crippen LogP contribution >= 0.6 is 0 Å². The van der Waals surface area contributed by atoms with E-state index in [0.717, 1.165) is 12.8 Å². The van der Waals surface area contributed by atoms with Crippen LogP contribution in [0.3, 0.4) is 0 Å². The molecular formula is C22H32. The van der Waals surface area contributed by atoms with E-state index < -0.39 is 0 Å². The summed E-state index contributed by atoms with van der Waals surface area (Å²) in [5, 5.41) is 0. The lowest BCUT2D eigenvalue weighted by Crippen LogP contribution is -2.09. The first-order valence-electron chi connectivity index (χ1n) is 8.78. The molecule has 2 unspecified atom stereocenters. The van der Waals surface area contributed by atoms with Crippen LogP contribution in [0.2, 0.25) is 0 Å². The minimum atomic E-state index is 0.531. The smallest absolute Gasteiger partial charge is 0.00913 e. The summed E-state index contributed by atoms with van der Waals surface area (Å²) in [6.07, 6.45) is 10.2. The Bertz CT molecular complexity index is 531. The molecule has 2 bridgehead atoms. The van der Waals surface area contributed by atoms with E-state index in [0.29, 0.717) is 11.8 Å². The largest absolute Gasteiger partial charge is 0.0988 e. The summed E-state index contributed by atoms with van der Waals surface area (Å²) in [5.41, 5.74) is 5.67. The van der Waals surface area contributed by atoms with Gasteiger partial charge in [0.15, 0.2) is 0 Å². The molecule has 0 heterocycles. The van der Waals surface area contributed by atoms with E-state index in [1.54, 1.807) is 0 Å². The molecule has 0 radical (unpaired) electrons. The highest BCUT2D eigenvalue weighted by molar-refractivity contribution is 5.66. The molecule has 0 heteroatoms. The van der Waals surface area contributed by atoms with Crippen molar-refractivity contribution in [3.05, 3.63) is 65.8 Å². The van der Waals surface area contributed by atoms with E-state index in [9.17, 15) is 0 Å². The molecule has 0 spiro atoms. The van der Waals surface area contributed by atoms with Crippen LogP contribution in [0.1, 0.15) is 58.6 Å². The van der Waals surface area contributed by atoms with Crippen LogP contribution in [0.15, 0.2) is 54.6 Å². The van der Waals surface area contributed by atoms with E-state index in [-0.39, 0.29) is 0 Å². The molecule has 0 N–H and O–H groups in total. The summed E-state index contributed by atoms with van der Waals surface area (Å²) < 4.78 is 0. The summed E-state index contributed by atoms with van der Waals surface area (Å²) in [7, 11) is 0. The molecule has 0 fully saturated rings. The molecule has 0 saturated heterocycles. The van der Waals surface area contributed by atoms with Crippen LogP contribution in [0.4, 0.5) is 0 Å². The predicted molar refractivity (Wildman–Crippen MR) is 101 cm³/mol. The average molecular weight is 296 g/mol. The first-order valence-corrected chi connectivity index (χ1v) is 8.78. The van der Waals surface area contributed by atoms with Gasteiger partial charge in [0.2, 0.25) is 0 Å². The lowest BCUT2D eigenvalue weighted by molar-refractivity contribution is 0.537. The maximum absolute atomic E-state index is 3.99. The van der Waals surface area contributed by atoms with E-state index >= 15 is 0 Å². The Kier molecular flexibility index (Phi) is 7.95. The van der Waals surface area contributed by atoms with Crippen molar-refractivity contribution in [1.82, 2.24) is 0 Å². The summed E-state index contributed by atoms with van der Waals surface area (Å²) in [4.78, 5) is 0. The number of benzene rings is 1. The van der Waals surface area contributed by atoms with Gasteiger partial charge in [-0.1, -0.05) is 90.1 Å². The Balaban J connectivity index is 0.00000116. The van der Waals surface area contributed by atoms with Crippen molar-refractivity contribution < 1.29 is 0 Å². The second-order valence-corrected chi connectivity index (χ2v) is 5.90. The van der Waals surface area contributed by atoms with Crippen molar-refractivity contribution in [3.63, 3.8) is 0 Å². The fraction of sp³-hybridized carbons (Fsp3) is 0.455. The van der Waals surface area contributed by atoms with Crippen LogP contribution in [0.25, 0.3) is 5.57 Å². The lowest BCUT2D eigenvalue weighted by Gasteiger charge is -2.22. The standard InChI is InChI=1S/C20H26.C2H6/c1-5-8-19-13-15(3)16(4)18(6-2)12-11-17-9-7-10-20(19)14-17;1-2/h6-7,9-10,12-16H,2,5,8,11H2,1,3-4H3;1-2H3/b18-12+,19-13+;. The molecule has 0 aliphatic heterocycles. The minimum absolute atomic E-state index is 0.531. The Morgan fingerprint density at radius 2 is 1.95 bits per heavy atom. The highest BCUT2D eigenvalue weighted by atomic mass is 14.2. The number of hydrogen-bond acceptors (Lipinski definition) is 0. The zero-order valence-corrected chi connectivity index (χ0v) is 15.0. The van der Waals surface area contributed by atoms with Crippen LogP contribution in [-0.2, 0) is 6.42 Å². The van der Waals surface area contributed by atoms with Gasteiger partial charge in [-0.05, 0) is 47.0 Å². The van der Waals surface area contributed by atoms with Crippen LogP contribution < -0.4 is 0 Å². The zero-order chi connectivity index (χ0) is 16.5. The second-order valence-electron chi connectivity index (χ2n) is 5.90. The Morgan fingerprint density at radius 1 is 1.23 bits per heavy atom. The fourth-order valence-electron chi connectivity index (χ4n) is 2.95. The average Bonchev–Trinajstić information content (AvgIpc) is 2.56. The molecule has 0 saturated carbocycles. The molecule has 2 rings (SSSR count). The van der Waals surface area contributed by atoms with Crippen LogP contribution in [0, 0.1) is 11.8 Å². The molecule has 0 amide bonds. The first kappa shape index (κ1) is 18.5. The number of rotatable bonds is 3. The van der Waals surface area contributed by atoms with Crippen molar-refractivity contribution in [2.75, 3.05) is 0 Å². The molecule has 1 aromatic rings. The van der Waals surface area contributed by atoms with Gasteiger partial charge in [-0.15, -0.1) is 0 Å². The van der Waals surface area contributed by atoms with Gasteiger partial charge >= 0.3 is 0 Å². The molecule has 0 aromatic heterocycles. The van der Waals surface area contributed by atoms with Crippen molar-refractivity contribution in [2.24, 2.45) is 11.8 Å². The monoisotopic (exact) mass is 296 g/mol. The minimum Gasteiger partial charge on any atom is -0.0988 e. The summed E-state index contributed by atoms with van der Waals surface area (Å²) in [6.45, 7) is 14.9. The Hall–Kier alpha value is -1.56. The van der Waals surface area contributed by atoms with Crippen LogP contribution in [0.5, 0.6) is 0 Å². The zero-order valence-electron chi connectivity index (χ0n) is 15.0. The first-order chi connectivity index (χ1) is 10.7. The van der Waals surface area contributed by atoms with E-state index in [2.05, 4.69) is 63.8 Å². The molecular weight excluding hydrogens is 264 g/mol. The third-order valence-corrected chi connectivity index (χ3v) is 4.40. The third kappa shape index (κ3) is 4.73. The normalized spacial score (nSPS) is 25.7. The Labute approximate surface area is 137 Å². The van der Waals surface area contributed by atoms with Crippen molar-refractivity contribution in [1.29, 1.82) is 0 Å². The highest BCUT2D eigenvalue weighted by Gasteiger charge is 2.15. The number of allylic oxidation sites excluding steroid dienone is 5. The molecule has 1 aliphatic rings. The van der Waals surface area contributed by atoms with Crippen molar-refractivity contribution in [3.8, 4) is 0 Å². The van der Waals surface area contributed by atoms with Gasteiger partial charge in [0, 0.05) is 0 Å². The van der Waals surface area contributed by atoms with Gasteiger partial charge in [-0.25, -0.2) is 0 Å². The molecule has 2 atom stereocenters. The van der Waals surface area contributed by atoms with Gasteiger partial charge in [0.05, 0.1) is 0 Å². The predicted octanol–water partition coefficient (Wildman–Crippen LogP) is 6.84. The SMILES string of the molecule is C=C/C1=C\Cc2cccc(c2)/C(CCC)=C/C(C)C1C.CC. The van der Waals surface area contributed by atoms with Gasteiger partial charge < -0.3 is 0 Å². The molecule has 120 valence electrons. The van der Waals surface area contributed by atoms with Gasteiger partial charge in [0.1, 0.15) is 0 Å². The fourth-order valence-corrected chi connectivity index (χ4v) is 2.95. The highest BCUT2D eigenvalue weighted by Crippen LogP contribution is 2.30. The number of hydrogen-bond donors (Lipinski definition) is 0. The van der Waals surface area contributed by atoms with E-state index in [4.69, 9.17) is 0 Å². The maximum atomic E-state index is 3.99. The van der Waals surface area contributed by atoms with Crippen LogP contribution in [-0.4, -0.2) is 0 Å². The van der Waals surface area contributed by atoms with Gasteiger partial charge in [-0.3, -0.25) is 0 Å². The summed E-state index contributed by atoms with van der Waals surface area (Å²) in [5.74, 6) is 1.07. The topological polar surface area (TPSA) is 0 Å². The van der Waals surface area contributed by atoms with Crippen molar-refractivity contribution >= 4 is 5.57 Å². The Morgan fingerprint density at radius 3 is 2.59 bits per heavy atom. The summed E-state index contributed by atoms with van der Waals surface area (Å²) in [6, 6.07) is 9.01. The lowest BCUT2D eigenvalue weighted by atomic mass is 9.83. The van der Waals surface area contributed by atoms with Crippen molar-refractivity contribution in [2.45, 2.75) is 53.9 Å². The van der Waals surface area contributed by atoms with E-state index in [1.165, 1.54) is 28.7 Å². The molecule has 22 heavy (non-hydrogen) atoms. The molecule has 1 aliphatic carbocycles. The van der Waals surface area contributed by atoms with Gasteiger partial charge in [-0.2, -0.15) is 0 Å². The molecule has 0 nitrogen and oxygen atoms in total.